The van der Waals surface area contributed by atoms with Crippen molar-refractivity contribution in [2.75, 3.05) is 7.11 Å². The molecule has 0 bridgehead atoms. The van der Waals surface area contributed by atoms with Crippen LogP contribution in [-0.4, -0.2) is 17.2 Å². The number of methoxy groups -OCH3 is 1. The summed E-state index contributed by atoms with van der Waals surface area (Å²) in [4.78, 5) is 3.67. The molecule has 1 aromatic heterocycles. The van der Waals surface area contributed by atoms with Gasteiger partial charge in [0, 0.05) is 5.56 Å². The summed E-state index contributed by atoms with van der Waals surface area (Å²) in [5.74, 6) is 0.358. The van der Waals surface area contributed by atoms with Crippen molar-refractivity contribution < 1.29 is 18.6 Å². The van der Waals surface area contributed by atoms with E-state index in [0.29, 0.717) is 17.0 Å². The van der Waals surface area contributed by atoms with Gasteiger partial charge in [0.1, 0.15) is 11.4 Å². The average Bonchev–Trinajstić information content (AvgIpc) is 2.16. The van der Waals surface area contributed by atoms with Crippen molar-refractivity contribution in [3.63, 3.8) is 0 Å². The SMILES string of the molecule is COc1c(CO)cc(C(F)F)nc1C. The Hall–Kier alpha value is -1.23. The first-order chi connectivity index (χ1) is 6.60. The minimum absolute atomic E-state index is 0.329. The second-order valence-corrected chi connectivity index (χ2v) is 2.78. The molecular weight excluding hydrogens is 192 g/mol. The number of hydrogen-bond acceptors (Lipinski definition) is 3. The Bertz CT molecular complexity index is 329. The zero-order valence-electron chi connectivity index (χ0n) is 7.92. The smallest absolute Gasteiger partial charge is 0.280 e. The largest absolute Gasteiger partial charge is 0.494 e. The highest BCUT2D eigenvalue weighted by Gasteiger charge is 2.15. The number of hydrogen-bond donors (Lipinski definition) is 1. The molecule has 14 heavy (non-hydrogen) atoms. The van der Waals surface area contributed by atoms with E-state index >= 15 is 0 Å². The van der Waals surface area contributed by atoms with Crippen molar-refractivity contribution in [1.29, 1.82) is 0 Å². The monoisotopic (exact) mass is 203 g/mol. The fourth-order valence-electron chi connectivity index (χ4n) is 1.26. The van der Waals surface area contributed by atoms with Crippen molar-refractivity contribution in [2.24, 2.45) is 0 Å². The number of pyridine rings is 1. The predicted octanol–water partition coefficient (Wildman–Crippen LogP) is 1.83. The van der Waals surface area contributed by atoms with E-state index in [1.54, 1.807) is 6.92 Å². The van der Waals surface area contributed by atoms with E-state index in [2.05, 4.69) is 4.98 Å². The average molecular weight is 203 g/mol. The summed E-state index contributed by atoms with van der Waals surface area (Å²) in [6, 6.07) is 1.15. The lowest BCUT2D eigenvalue weighted by Gasteiger charge is -2.10. The van der Waals surface area contributed by atoms with Crippen LogP contribution in [-0.2, 0) is 6.61 Å². The van der Waals surface area contributed by atoms with Crippen molar-refractivity contribution >= 4 is 0 Å². The van der Waals surface area contributed by atoms with E-state index in [1.807, 2.05) is 0 Å². The van der Waals surface area contributed by atoms with Gasteiger partial charge >= 0.3 is 0 Å². The lowest BCUT2D eigenvalue weighted by Crippen LogP contribution is -2.01. The molecule has 0 unspecified atom stereocenters. The lowest BCUT2D eigenvalue weighted by molar-refractivity contribution is 0.145. The van der Waals surface area contributed by atoms with E-state index in [0.717, 1.165) is 6.07 Å². The molecule has 0 saturated heterocycles. The Labute approximate surface area is 80.3 Å². The maximum absolute atomic E-state index is 12.3. The third-order valence-electron chi connectivity index (χ3n) is 1.84. The molecule has 0 radical (unpaired) electrons. The number of alkyl halides is 2. The molecule has 0 spiro atoms. The van der Waals surface area contributed by atoms with Crippen molar-refractivity contribution in [2.45, 2.75) is 20.0 Å². The molecule has 0 aliphatic rings. The zero-order valence-corrected chi connectivity index (χ0v) is 7.92. The van der Waals surface area contributed by atoms with Gasteiger partial charge in [-0.15, -0.1) is 0 Å². The van der Waals surface area contributed by atoms with E-state index in [-0.39, 0.29) is 12.3 Å². The quantitative estimate of drug-likeness (QED) is 0.814. The third-order valence-corrected chi connectivity index (χ3v) is 1.84. The van der Waals surface area contributed by atoms with Crippen molar-refractivity contribution in [1.82, 2.24) is 4.98 Å². The first kappa shape index (κ1) is 10.8. The van der Waals surface area contributed by atoms with E-state index in [4.69, 9.17) is 9.84 Å². The van der Waals surface area contributed by atoms with Crippen molar-refractivity contribution in [3.05, 3.63) is 23.0 Å². The number of halogens is 2. The van der Waals surface area contributed by atoms with Gasteiger partial charge in [0.15, 0.2) is 0 Å². The molecule has 0 aromatic carbocycles. The number of aliphatic hydroxyl groups is 1. The van der Waals surface area contributed by atoms with E-state index < -0.39 is 6.43 Å². The van der Waals surface area contributed by atoms with Gasteiger partial charge < -0.3 is 9.84 Å². The van der Waals surface area contributed by atoms with Gasteiger partial charge in [-0.3, -0.25) is 0 Å². The number of aromatic nitrogens is 1. The van der Waals surface area contributed by atoms with Gasteiger partial charge in [-0.05, 0) is 13.0 Å². The Morgan fingerprint density at radius 3 is 2.64 bits per heavy atom. The molecule has 0 amide bonds. The van der Waals surface area contributed by atoms with Gasteiger partial charge in [-0.1, -0.05) is 0 Å². The molecule has 0 aliphatic heterocycles. The van der Waals surface area contributed by atoms with Crippen LogP contribution in [0.25, 0.3) is 0 Å². The molecule has 1 heterocycles. The molecule has 0 fully saturated rings. The summed E-state index contributed by atoms with van der Waals surface area (Å²) in [5, 5.41) is 8.93. The maximum Gasteiger partial charge on any atom is 0.280 e. The van der Waals surface area contributed by atoms with E-state index in [9.17, 15) is 8.78 Å². The third kappa shape index (κ3) is 1.98. The molecule has 78 valence electrons. The van der Waals surface area contributed by atoms with Gasteiger partial charge in [0.2, 0.25) is 0 Å². The molecule has 1 N–H and O–H groups in total. The van der Waals surface area contributed by atoms with Crippen LogP contribution < -0.4 is 4.74 Å². The fraction of sp³-hybridized carbons (Fsp3) is 0.444. The first-order valence-electron chi connectivity index (χ1n) is 4.03. The number of aryl methyl sites for hydroxylation is 1. The van der Waals surface area contributed by atoms with Crippen LogP contribution >= 0.6 is 0 Å². The maximum atomic E-state index is 12.3. The van der Waals surface area contributed by atoms with E-state index in [1.165, 1.54) is 7.11 Å². The van der Waals surface area contributed by atoms with Crippen LogP contribution in [0.15, 0.2) is 6.07 Å². The van der Waals surface area contributed by atoms with Crippen LogP contribution in [0, 0.1) is 6.92 Å². The predicted molar refractivity (Wildman–Crippen MR) is 46.4 cm³/mol. The molecule has 0 saturated carbocycles. The minimum Gasteiger partial charge on any atom is -0.494 e. The van der Waals surface area contributed by atoms with Crippen LogP contribution in [0.4, 0.5) is 8.78 Å². The summed E-state index contributed by atoms with van der Waals surface area (Å²) < 4.78 is 29.6. The molecular formula is C9H11F2NO2. The number of nitrogens with zero attached hydrogens (tertiary/aromatic N) is 1. The minimum atomic E-state index is -2.63. The van der Waals surface area contributed by atoms with Gasteiger partial charge in [0.25, 0.3) is 6.43 Å². The molecule has 1 aromatic rings. The molecule has 5 heteroatoms. The molecule has 0 atom stereocenters. The fourth-order valence-corrected chi connectivity index (χ4v) is 1.26. The molecule has 1 rings (SSSR count). The summed E-state index contributed by atoms with van der Waals surface area (Å²) in [6.45, 7) is 1.22. The Morgan fingerprint density at radius 2 is 2.21 bits per heavy atom. The number of rotatable bonds is 3. The Kier molecular flexibility index (Phi) is 3.35. The van der Waals surface area contributed by atoms with Crippen LogP contribution in [0.3, 0.4) is 0 Å². The zero-order chi connectivity index (χ0) is 10.7. The van der Waals surface area contributed by atoms with Crippen molar-refractivity contribution in [3.8, 4) is 5.75 Å². The summed E-state index contributed by atoms with van der Waals surface area (Å²) in [5.41, 5.74) is 0.344. The standard InChI is InChI=1S/C9H11F2NO2/c1-5-8(14-2)6(4-13)3-7(12-5)9(10)11/h3,9,13H,4H2,1-2H3. The second-order valence-electron chi connectivity index (χ2n) is 2.78. The number of aliphatic hydroxyl groups excluding tert-OH is 1. The highest BCUT2D eigenvalue weighted by Crippen LogP contribution is 2.26. The van der Waals surface area contributed by atoms with Crippen LogP contribution in [0.5, 0.6) is 5.75 Å². The summed E-state index contributed by atoms with van der Waals surface area (Å²) >= 11 is 0. The summed E-state index contributed by atoms with van der Waals surface area (Å²) in [6.07, 6.45) is -2.63. The van der Waals surface area contributed by atoms with Crippen LogP contribution in [0.2, 0.25) is 0 Å². The highest BCUT2D eigenvalue weighted by atomic mass is 19.3. The van der Waals surface area contributed by atoms with Gasteiger partial charge in [0.05, 0.1) is 19.4 Å². The number of ether oxygens (including phenoxy) is 1. The topological polar surface area (TPSA) is 42.4 Å². The Balaban J connectivity index is 3.24. The van der Waals surface area contributed by atoms with Gasteiger partial charge in [-0.25, -0.2) is 13.8 Å². The molecule has 0 aliphatic carbocycles. The van der Waals surface area contributed by atoms with Gasteiger partial charge in [-0.2, -0.15) is 0 Å². The molecule has 3 nitrogen and oxygen atoms in total. The highest BCUT2D eigenvalue weighted by molar-refractivity contribution is 5.38. The second kappa shape index (κ2) is 4.32. The first-order valence-corrected chi connectivity index (χ1v) is 4.03. The summed E-state index contributed by atoms with van der Waals surface area (Å²) in [7, 11) is 1.41. The normalized spacial score (nSPS) is 10.7. The Morgan fingerprint density at radius 1 is 1.57 bits per heavy atom. The lowest BCUT2D eigenvalue weighted by atomic mass is 10.2. The van der Waals surface area contributed by atoms with Crippen LogP contribution in [0.1, 0.15) is 23.4 Å².